The predicted molar refractivity (Wildman–Crippen MR) is 58.2 cm³/mol. The van der Waals surface area contributed by atoms with E-state index in [0.29, 0.717) is 5.92 Å². The van der Waals surface area contributed by atoms with Crippen molar-refractivity contribution in [3.63, 3.8) is 0 Å². The topological polar surface area (TPSA) is 29.5 Å². The van der Waals surface area contributed by atoms with Crippen LogP contribution in [0.3, 0.4) is 0 Å². The van der Waals surface area contributed by atoms with Gasteiger partial charge in [-0.25, -0.2) is 0 Å². The summed E-state index contributed by atoms with van der Waals surface area (Å²) in [6, 6.07) is 0. The fourth-order valence-corrected chi connectivity index (χ4v) is 2.45. The maximum Gasteiger partial charge on any atom is 0.0680 e. The first-order valence-corrected chi connectivity index (χ1v) is 5.86. The minimum Gasteiger partial charge on any atom is -0.392 e. The van der Waals surface area contributed by atoms with Crippen LogP contribution in [0.2, 0.25) is 0 Å². The first kappa shape index (κ1) is 12.0. The van der Waals surface area contributed by atoms with Crippen molar-refractivity contribution >= 4 is 0 Å². The highest BCUT2D eigenvalue weighted by atomic mass is 16.5. The van der Waals surface area contributed by atoms with E-state index in [1.54, 1.807) is 0 Å². The smallest absolute Gasteiger partial charge is 0.0680 e. The molecule has 1 saturated carbocycles. The Bertz CT molecular complexity index is 173. The van der Waals surface area contributed by atoms with Gasteiger partial charge in [0.1, 0.15) is 0 Å². The zero-order chi connectivity index (χ0) is 10.8. The van der Waals surface area contributed by atoms with E-state index in [9.17, 15) is 5.11 Å². The second-order valence-electron chi connectivity index (χ2n) is 4.91. The number of aliphatic hydroxyl groups is 1. The third-order valence-electron chi connectivity index (χ3n) is 3.69. The van der Waals surface area contributed by atoms with E-state index in [1.165, 1.54) is 0 Å². The molecule has 0 aromatic rings. The lowest BCUT2D eigenvalue weighted by molar-refractivity contribution is -0.199. The molecule has 84 valence electrons. The normalized spacial score (nSPS) is 30.4. The van der Waals surface area contributed by atoms with Crippen molar-refractivity contribution in [3.8, 4) is 0 Å². The van der Waals surface area contributed by atoms with Gasteiger partial charge in [-0.05, 0) is 18.8 Å². The lowest BCUT2D eigenvalue weighted by Gasteiger charge is -2.53. The van der Waals surface area contributed by atoms with Crippen LogP contribution < -0.4 is 0 Å². The molecule has 2 atom stereocenters. The van der Waals surface area contributed by atoms with Gasteiger partial charge in [-0.15, -0.1) is 0 Å². The lowest BCUT2D eigenvalue weighted by Crippen LogP contribution is -2.57. The number of ether oxygens (including phenoxy) is 1. The average molecular weight is 200 g/mol. The Morgan fingerprint density at radius 3 is 2.29 bits per heavy atom. The molecule has 0 heterocycles. The largest absolute Gasteiger partial charge is 0.392 e. The zero-order valence-corrected chi connectivity index (χ0v) is 9.92. The summed E-state index contributed by atoms with van der Waals surface area (Å²) in [5.41, 5.74) is 0.0505. The second-order valence-corrected chi connectivity index (χ2v) is 4.91. The standard InChI is InChI=1S/C12H24O2/c1-5-12(6-2)10(13)7-11(12)14-8-9(3)4/h9-11,13H,5-8H2,1-4H3. The van der Waals surface area contributed by atoms with Crippen molar-refractivity contribution in [2.24, 2.45) is 11.3 Å². The highest BCUT2D eigenvalue weighted by Gasteiger charge is 2.52. The Kier molecular flexibility index (Phi) is 3.96. The summed E-state index contributed by atoms with van der Waals surface area (Å²) in [5, 5.41) is 9.81. The van der Waals surface area contributed by atoms with Gasteiger partial charge < -0.3 is 9.84 Å². The maximum atomic E-state index is 9.81. The highest BCUT2D eigenvalue weighted by Crippen LogP contribution is 2.48. The van der Waals surface area contributed by atoms with Gasteiger partial charge in [-0.2, -0.15) is 0 Å². The van der Waals surface area contributed by atoms with Crippen molar-refractivity contribution in [3.05, 3.63) is 0 Å². The van der Waals surface area contributed by atoms with E-state index in [2.05, 4.69) is 27.7 Å². The van der Waals surface area contributed by atoms with Crippen LogP contribution in [-0.4, -0.2) is 23.9 Å². The molecule has 1 N–H and O–H groups in total. The molecule has 0 spiro atoms. The van der Waals surface area contributed by atoms with E-state index in [-0.39, 0.29) is 17.6 Å². The molecule has 0 bridgehead atoms. The van der Waals surface area contributed by atoms with Crippen molar-refractivity contribution in [2.45, 2.75) is 59.2 Å². The molecule has 0 aromatic carbocycles. The molecule has 14 heavy (non-hydrogen) atoms. The molecular formula is C12H24O2. The minimum atomic E-state index is -0.144. The van der Waals surface area contributed by atoms with Crippen LogP contribution >= 0.6 is 0 Å². The first-order chi connectivity index (χ1) is 6.56. The van der Waals surface area contributed by atoms with E-state index in [0.717, 1.165) is 25.9 Å². The SMILES string of the molecule is CCC1(CC)C(O)CC1OCC(C)C. The summed E-state index contributed by atoms with van der Waals surface area (Å²) >= 11 is 0. The first-order valence-electron chi connectivity index (χ1n) is 5.86. The van der Waals surface area contributed by atoms with Gasteiger partial charge in [0.2, 0.25) is 0 Å². The molecule has 0 saturated heterocycles. The van der Waals surface area contributed by atoms with Gasteiger partial charge in [0.05, 0.1) is 12.2 Å². The number of rotatable bonds is 5. The summed E-state index contributed by atoms with van der Waals surface area (Å²) in [7, 11) is 0. The van der Waals surface area contributed by atoms with Crippen LogP contribution in [-0.2, 0) is 4.74 Å². The Morgan fingerprint density at radius 2 is 1.93 bits per heavy atom. The monoisotopic (exact) mass is 200 g/mol. The van der Waals surface area contributed by atoms with Crippen LogP contribution in [0.5, 0.6) is 0 Å². The Balaban J connectivity index is 2.47. The van der Waals surface area contributed by atoms with E-state index in [1.807, 2.05) is 0 Å². The Hall–Kier alpha value is -0.0800. The average Bonchev–Trinajstić information content (AvgIpc) is 2.14. The second kappa shape index (κ2) is 4.63. The minimum absolute atomic E-state index is 0.0505. The van der Waals surface area contributed by atoms with Gasteiger partial charge in [0.15, 0.2) is 0 Å². The van der Waals surface area contributed by atoms with Gasteiger partial charge in [-0.3, -0.25) is 0 Å². The summed E-state index contributed by atoms with van der Waals surface area (Å²) in [6.45, 7) is 9.44. The van der Waals surface area contributed by atoms with Gasteiger partial charge in [0, 0.05) is 18.4 Å². The molecule has 0 radical (unpaired) electrons. The van der Waals surface area contributed by atoms with Crippen molar-refractivity contribution in [1.29, 1.82) is 0 Å². The lowest BCUT2D eigenvalue weighted by atomic mass is 9.60. The quantitative estimate of drug-likeness (QED) is 0.739. The molecule has 2 heteroatoms. The molecule has 1 rings (SSSR count). The number of hydrogen-bond donors (Lipinski definition) is 1. The number of hydrogen-bond acceptors (Lipinski definition) is 2. The summed E-state index contributed by atoms with van der Waals surface area (Å²) < 4.78 is 5.85. The van der Waals surface area contributed by atoms with Gasteiger partial charge in [-0.1, -0.05) is 27.7 Å². The highest BCUT2D eigenvalue weighted by molar-refractivity contribution is 5.02. The molecule has 2 unspecified atom stereocenters. The predicted octanol–water partition coefficient (Wildman–Crippen LogP) is 2.60. The van der Waals surface area contributed by atoms with E-state index < -0.39 is 0 Å². The summed E-state index contributed by atoms with van der Waals surface area (Å²) in [4.78, 5) is 0. The molecule has 0 amide bonds. The van der Waals surface area contributed by atoms with E-state index in [4.69, 9.17) is 4.74 Å². The summed E-state index contributed by atoms with van der Waals surface area (Å²) in [6.07, 6.45) is 3.01. The van der Waals surface area contributed by atoms with Crippen molar-refractivity contribution < 1.29 is 9.84 Å². The number of aliphatic hydroxyl groups excluding tert-OH is 1. The fraction of sp³-hybridized carbons (Fsp3) is 1.00. The van der Waals surface area contributed by atoms with Crippen molar-refractivity contribution in [2.75, 3.05) is 6.61 Å². The van der Waals surface area contributed by atoms with E-state index >= 15 is 0 Å². The zero-order valence-electron chi connectivity index (χ0n) is 9.92. The fourth-order valence-electron chi connectivity index (χ4n) is 2.45. The van der Waals surface area contributed by atoms with Crippen LogP contribution in [0.1, 0.15) is 47.0 Å². The van der Waals surface area contributed by atoms with Crippen LogP contribution in [0, 0.1) is 11.3 Å². The third-order valence-corrected chi connectivity index (χ3v) is 3.69. The maximum absolute atomic E-state index is 9.81. The van der Waals surface area contributed by atoms with Gasteiger partial charge in [0.25, 0.3) is 0 Å². The molecule has 1 fully saturated rings. The van der Waals surface area contributed by atoms with Crippen molar-refractivity contribution in [1.82, 2.24) is 0 Å². The van der Waals surface area contributed by atoms with Crippen LogP contribution in [0.25, 0.3) is 0 Å². The molecule has 0 aliphatic heterocycles. The van der Waals surface area contributed by atoms with Crippen LogP contribution in [0.4, 0.5) is 0 Å². The Morgan fingerprint density at radius 1 is 1.36 bits per heavy atom. The molecule has 0 aromatic heterocycles. The summed E-state index contributed by atoms with van der Waals surface area (Å²) in [5.74, 6) is 0.583. The van der Waals surface area contributed by atoms with Crippen LogP contribution in [0.15, 0.2) is 0 Å². The molecule has 1 aliphatic carbocycles. The van der Waals surface area contributed by atoms with Gasteiger partial charge >= 0.3 is 0 Å². The third kappa shape index (κ3) is 1.96. The molecule has 1 aliphatic rings. The Labute approximate surface area is 87.7 Å². The molecule has 2 nitrogen and oxygen atoms in total. The molecular weight excluding hydrogens is 176 g/mol.